The highest BCUT2D eigenvalue weighted by Crippen LogP contribution is 2.29. The van der Waals surface area contributed by atoms with Crippen LogP contribution in [0.25, 0.3) is 0 Å². The fourth-order valence-electron chi connectivity index (χ4n) is 1.41. The second kappa shape index (κ2) is 4.07. The van der Waals surface area contributed by atoms with Crippen molar-refractivity contribution in [2.24, 2.45) is 0 Å². The molecule has 3 atom stereocenters. The molecule has 0 spiro atoms. The molecule has 0 radical (unpaired) electrons. The molecule has 1 saturated heterocycles. The van der Waals surface area contributed by atoms with E-state index in [1.54, 1.807) is 6.92 Å². The van der Waals surface area contributed by atoms with Gasteiger partial charge in [0, 0.05) is 0 Å². The summed E-state index contributed by atoms with van der Waals surface area (Å²) in [5, 5.41) is 9.09. The summed E-state index contributed by atoms with van der Waals surface area (Å²) in [5.41, 5.74) is 0. The first-order valence-electron chi connectivity index (χ1n) is 4.59. The number of rotatable bonds is 5. The van der Waals surface area contributed by atoms with Gasteiger partial charge in [0.2, 0.25) is 0 Å². The second-order valence-corrected chi connectivity index (χ2v) is 3.38. The molecule has 1 aliphatic heterocycles. The second-order valence-electron chi connectivity index (χ2n) is 3.38. The first-order valence-corrected chi connectivity index (χ1v) is 4.59. The Morgan fingerprint density at radius 3 is 2.64 bits per heavy atom. The molecule has 0 aromatic carbocycles. The third-order valence-electron chi connectivity index (χ3n) is 2.19. The smallest absolute Gasteiger partial charge is 0.110 e. The van der Waals surface area contributed by atoms with Crippen LogP contribution in [0.2, 0.25) is 0 Å². The van der Waals surface area contributed by atoms with Crippen LogP contribution in [0.3, 0.4) is 0 Å². The predicted molar refractivity (Wildman–Crippen MR) is 44.5 cm³/mol. The number of epoxide rings is 1. The summed E-state index contributed by atoms with van der Waals surface area (Å²) >= 11 is 0. The molecule has 66 valence electrons. The molecule has 11 heavy (non-hydrogen) atoms. The minimum Gasteiger partial charge on any atom is -0.391 e. The van der Waals surface area contributed by atoms with Crippen LogP contribution in [0.4, 0.5) is 0 Å². The number of ether oxygens (including phenoxy) is 1. The summed E-state index contributed by atoms with van der Waals surface area (Å²) in [6.45, 7) is 3.99. The van der Waals surface area contributed by atoms with E-state index in [4.69, 9.17) is 9.84 Å². The summed E-state index contributed by atoms with van der Waals surface area (Å²) in [5.74, 6) is 0. The van der Waals surface area contributed by atoms with Gasteiger partial charge in [0.1, 0.15) is 6.10 Å². The Morgan fingerprint density at radius 1 is 1.45 bits per heavy atom. The lowest BCUT2D eigenvalue weighted by atomic mass is 10.1. The minimum absolute atomic E-state index is 0.145. The average molecular weight is 158 g/mol. The monoisotopic (exact) mass is 158 g/mol. The lowest BCUT2D eigenvalue weighted by molar-refractivity contribution is 0.152. The molecule has 0 saturated carbocycles. The van der Waals surface area contributed by atoms with E-state index in [2.05, 4.69) is 6.92 Å². The minimum atomic E-state index is -0.276. The van der Waals surface area contributed by atoms with Gasteiger partial charge in [-0.1, -0.05) is 26.2 Å². The Morgan fingerprint density at radius 2 is 2.18 bits per heavy atom. The first-order chi connectivity index (χ1) is 5.25. The Hall–Kier alpha value is -0.0800. The summed E-state index contributed by atoms with van der Waals surface area (Å²) in [7, 11) is 0. The zero-order chi connectivity index (χ0) is 8.27. The maximum Gasteiger partial charge on any atom is 0.110 e. The fourth-order valence-corrected chi connectivity index (χ4v) is 1.41. The van der Waals surface area contributed by atoms with Gasteiger partial charge in [-0.2, -0.15) is 0 Å². The molecule has 2 heteroatoms. The van der Waals surface area contributed by atoms with E-state index in [0.717, 1.165) is 6.42 Å². The van der Waals surface area contributed by atoms with Gasteiger partial charge >= 0.3 is 0 Å². The SMILES string of the molecule is CCCCCC1OC1C(C)O. The van der Waals surface area contributed by atoms with Crippen molar-refractivity contribution in [3.63, 3.8) is 0 Å². The van der Waals surface area contributed by atoms with Crippen LogP contribution in [-0.2, 0) is 4.74 Å². The Balaban J connectivity index is 1.96. The van der Waals surface area contributed by atoms with Crippen LogP contribution in [-0.4, -0.2) is 23.4 Å². The van der Waals surface area contributed by atoms with E-state index in [0.29, 0.717) is 6.10 Å². The van der Waals surface area contributed by atoms with Gasteiger partial charge in [-0.15, -0.1) is 0 Å². The fraction of sp³-hybridized carbons (Fsp3) is 1.00. The zero-order valence-corrected chi connectivity index (χ0v) is 7.42. The number of unbranched alkanes of at least 4 members (excludes halogenated alkanes) is 2. The van der Waals surface area contributed by atoms with Crippen molar-refractivity contribution in [2.45, 2.75) is 57.8 Å². The number of aliphatic hydroxyl groups is 1. The maximum atomic E-state index is 9.09. The van der Waals surface area contributed by atoms with Crippen molar-refractivity contribution < 1.29 is 9.84 Å². The van der Waals surface area contributed by atoms with E-state index >= 15 is 0 Å². The molecule has 1 aliphatic rings. The van der Waals surface area contributed by atoms with Gasteiger partial charge in [-0.25, -0.2) is 0 Å². The molecule has 0 bridgehead atoms. The van der Waals surface area contributed by atoms with Gasteiger partial charge in [0.15, 0.2) is 0 Å². The number of hydrogen-bond acceptors (Lipinski definition) is 2. The lowest BCUT2D eigenvalue weighted by Gasteiger charge is -1.96. The maximum absolute atomic E-state index is 9.09. The van der Waals surface area contributed by atoms with Crippen molar-refractivity contribution >= 4 is 0 Å². The normalized spacial score (nSPS) is 31.9. The highest BCUT2D eigenvalue weighted by molar-refractivity contribution is 4.88. The number of hydrogen-bond donors (Lipinski definition) is 1. The highest BCUT2D eigenvalue weighted by atomic mass is 16.6. The van der Waals surface area contributed by atoms with Crippen molar-refractivity contribution in [2.75, 3.05) is 0 Å². The van der Waals surface area contributed by atoms with Crippen molar-refractivity contribution in [1.29, 1.82) is 0 Å². The molecule has 0 amide bonds. The van der Waals surface area contributed by atoms with Crippen molar-refractivity contribution in [3.8, 4) is 0 Å². The Labute approximate surface area is 68.6 Å². The molecule has 0 aromatic rings. The van der Waals surface area contributed by atoms with E-state index in [1.807, 2.05) is 0 Å². The van der Waals surface area contributed by atoms with E-state index in [1.165, 1.54) is 19.3 Å². The Bertz CT molecular complexity index is 112. The molecular formula is C9H18O2. The van der Waals surface area contributed by atoms with Gasteiger partial charge in [-0.3, -0.25) is 0 Å². The van der Waals surface area contributed by atoms with Gasteiger partial charge < -0.3 is 9.84 Å². The predicted octanol–water partition coefficient (Wildman–Crippen LogP) is 1.71. The van der Waals surface area contributed by atoms with Crippen LogP contribution >= 0.6 is 0 Å². The molecule has 1 fully saturated rings. The van der Waals surface area contributed by atoms with Crippen molar-refractivity contribution in [1.82, 2.24) is 0 Å². The van der Waals surface area contributed by atoms with Gasteiger partial charge in [-0.05, 0) is 13.3 Å². The molecule has 2 nitrogen and oxygen atoms in total. The summed E-state index contributed by atoms with van der Waals surface area (Å²) in [6.07, 6.45) is 5.14. The van der Waals surface area contributed by atoms with Crippen LogP contribution < -0.4 is 0 Å². The van der Waals surface area contributed by atoms with Crippen LogP contribution in [0.5, 0.6) is 0 Å². The van der Waals surface area contributed by atoms with Crippen LogP contribution in [0, 0.1) is 0 Å². The summed E-state index contributed by atoms with van der Waals surface area (Å²) in [4.78, 5) is 0. The molecule has 3 unspecified atom stereocenters. The first kappa shape index (κ1) is 9.01. The molecule has 0 aliphatic carbocycles. The van der Waals surface area contributed by atoms with Crippen LogP contribution in [0.1, 0.15) is 39.5 Å². The molecule has 1 heterocycles. The quantitative estimate of drug-likeness (QED) is 0.488. The average Bonchev–Trinajstić information content (AvgIpc) is 2.68. The van der Waals surface area contributed by atoms with E-state index in [9.17, 15) is 0 Å². The zero-order valence-electron chi connectivity index (χ0n) is 7.42. The van der Waals surface area contributed by atoms with Crippen LogP contribution in [0.15, 0.2) is 0 Å². The molecule has 1 rings (SSSR count). The molecule has 0 aromatic heterocycles. The number of aliphatic hydroxyl groups excluding tert-OH is 1. The third-order valence-corrected chi connectivity index (χ3v) is 2.19. The lowest BCUT2D eigenvalue weighted by Crippen LogP contribution is -2.11. The molecular weight excluding hydrogens is 140 g/mol. The van der Waals surface area contributed by atoms with E-state index in [-0.39, 0.29) is 12.2 Å². The highest BCUT2D eigenvalue weighted by Gasteiger charge is 2.41. The van der Waals surface area contributed by atoms with Crippen molar-refractivity contribution in [3.05, 3.63) is 0 Å². The van der Waals surface area contributed by atoms with E-state index < -0.39 is 0 Å². The summed E-state index contributed by atoms with van der Waals surface area (Å²) < 4.78 is 5.27. The Kier molecular flexibility index (Phi) is 3.34. The third kappa shape index (κ3) is 2.80. The van der Waals surface area contributed by atoms with Gasteiger partial charge in [0.05, 0.1) is 12.2 Å². The topological polar surface area (TPSA) is 32.8 Å². The standard InChI is InChI=1S/C9H18O2/c1-3-4-5-6-8-9(11-8)7(2)10/h7-10H,3-6H2,1-2H3. The molecule has 1 N–H and O–H groups in total. The largest absolute Gasteiger partial charge is 0.391 e. The summed E-state index contributed by atoms with van der Waals surface area (Å²) in [6, 6.07) is 0. The van der Waals surface area contributed by atoms with Gasteiger partial charge in [0.25, 0.3) is 0 Å².